The number of aromatic amines is 1. The van der Waals surface area contributed by atoms with Gasteiger partial charge in [0.2, 0.25) is 0 Å². The number of nitrogens with one attached hydrogen (secondary N) is 2. The molecular formula is C23H19N3O2. The van der Waals surface area contributed by atoms with Crippen LogP contribution in [0.2, 0.25) is 0 Å². The molecule has 1 aromatic heterocycles. The van der Waals surface area contributed by atoms with E-state index in [4.69, 9.17) is 0 Å². The van der Waals surface area contributed by atoms with Gasteiger partial charge in [-0.05, 0) is 43.7 Å². The Bertz CT molecular complexity index is 1260. The largest absolute Gasteiger partial charge is 0.321 e. The number of H-pyrrole nitrogens is 1. The van der Waals surface area contributed by atoms with Crippen molar-refractivity contribution in [2.75, 3.05) is 5.32 Å². The van der Waals surface area contributed by atoms with Crippen LogP contribution >= 0.6 is 0 Å². The fraction of sp³-hybridized carbons (Fsp3) is 0.0870. The zero-order valence-corrected chi connectivity index (χ0v) is 15.6. The maximum Gasteiger partial charge on any atom is 0.275 e. The summed E-state index contributed by atoms with van der Waals surface area (Å²) in [5.41, 5.74) is 4.95. The lowest BCUT2D eigenvalue weighted by Gasteiger charge is -2.14. The van der Waals surface area contributed by atoms with Crippen molar-refractivity contribution < 1.29 is 4.79 Å². The van der Waals surface area contributed by atoms with E-state index < -0.39 is 0 Å². The highest BCUT2D eigenvalue weighted by Gasteiger charge is 2.16. The number of amides is 1. The molecule has 4 aromatic rings. The number of fused-ring (bicyclic) bond motifs is 1. The number of nitrogens with zero attached hydrogens (tertiary/aromatic N) is 1. The van der Waals surface area contributed by atoms with Gasteiger partial charge >= 0.3 is 0 Å². The van der Waals surface area contributed by atoms with Gasteiger partial charge in [0.15, 0.2) is 0 Å². The second-order valence-corrected chi connectivity index (χ2v) is 6.75. The maximum atomic E-state index is 12.8. The number of hydrogen-bond donors (Lipinski definition) is 2. The number of para-hydroxylation sites is 3. The highest BCUT2D eigenvalue weighted by atomic mass is 16.1. The number of aryl methyl sites for hydroxylation is 2. The monoisotopic (exact) mass is 369 g/mol. The maximum absolute atomic E-state index is 12.8. The molecule has 3 aromatic carbocycles. The molecule has 0 saturated heterocycles. The molecule has 0 saturated carbocycles. The van der Waals surface area contributed by atoms with Gasteiger partial charge < -0.3 is 10.3 Å². The van der Waals surface area contributed by atoms with Crippen LogP contribution in [0, 0.1) is 13.8 Å². The van der Waals surface area contributed by atoms with Crippen LogP contribution in [0.15, 0.2) is 71.5 Å². The fourth-order valence-corrected chi connectivity index (χ4v) is 3.22. The Kier molecular flexibility index (Phi) is 4.49. The van der Waals surface area contributed by atoms with Crippen LogP contribution in [-0.2, 0) is 0 Å². The van der Waals surface area contributed by atoms with Crippen LogP contribution in [0.5, 0.6) is 0 Å². The standard InChI is InChI=1S/C23H19N3O2/c1-14-7-5-9-16(13-14)22(27)26-20-15(2)8-6-10-17(20)21-23(28)25-19-12-4-3-11-18(19)24-21/h3-13H,1-2H3,(H,25,28)(H,26,27). The van der Waals surface area contributed by atoms with Gasteiger partial charge in [-0.3, -0.25) is 9.59 Å². The van der Waals surface area contributed by atoms with E-state index >= 15 is 0 Å². The Balaban J connectivity index is 1.82. The van der Waals surface area contributed by atoms with E-state index in [2.05, 4.69) is 15.3 Å². The Morgan fingerprint density at radius 2 is 1.75 bits per heavy atom. The topological polar surface area (TPSA) is 74.8 Å². The molecular weight excluding hydrogens is 350 g/mol. The minimum atomic E-state index is -0.296. The molecule has 0 aliphatic carbocycles. The minimum absolute atomic E-state index is 0.225. The summed E-state index contributed by atoms with van der Waals surface area (Å²) < 4.78 is 0. The molecule has 1 heterocycles. The Hall–Kier alpha value is -3.73. The Morgan fingerprint density at radius 3 is 2.57 bits per heavy atom. The van der Waals surface area contributed by atoms with E-state index in [1.807, 2.05) is 68.4 Å². The van der Waals surface area contributed by atoms with Gasteiger partial charge in [-0.25, -0.2) is 4.98 Å². The molecule has 0 fully saturated rings. The first-order valence-electron chi connectivity index (χ1n) is 9.00. The number of carbonyl (C=O) groups excluding carboxylic acids is 1. The Labute approximate surface area is 162 Å². The molecule has 5 heteroatoms. The highest BCUT2D eigenvalue weighted by molar-refractivity contribution is 6.06. The van der Waals surface area contributed by atoms with Crippen LogP contribution in [0.3, 0.4) is 0 Å². The lowest BCUT2D eigenvalue weighted by molar-refractivity contribution is 0.102. The number of carbonyl (C=O) groups is 1. The predicted octanol–water partition coefficient (Wildman–Crippen LogP) is 4.46. The molecule has 5 nitrogen and oxygen atoms in total. The van der Waals surface area contributed by atoms with E-state index in [1.165, 1.54) is 0 Å². The van der Waals surface area contributed by atoms with Crippen molar-refractivity contribution >= 4 is 22.6 Å². The van der Waals surface area contributed by atoms with Crippen LogP contribution in [0.4, 0.5) is 5.69 Å². The first kappa shape index (κ1) is 17.7. The molecule has 138 valence electrons. The van der Waals surface area contributed by atoms with E-state index in [-0.39, 0.29) is 17.2 Å². The summed E-state index contributed by atoms with van der Waals surface area (Å²) >= 11 is 0. The summed E-state index contributed by atoms with van der Waals surface area (Å²) in [6, 6.07) is 20.3. The van der Waals surface area contributed by atoms with Gasteiger partial charge in [-0.15, -0.1) is 0 Å². The van der Waals surface area contributed by atoms with Crippen molar-refractivity contribution in [2.24, 2.45) is 0 Å². The van der Waals surface area contributed by atoms with Crippen LogP contribution in [-0.4, -0.2) is 15.9 Å². The SMILES string of the molecule is Cc1cccc(C(=O)Nc2c(C)cccc2-c2nc3ccccc3[nH]c2=O)c1. The lowest BCUT2D eigenvalue weighted by atomic mass is 10.0. The molecule has 0 radical (unpaired) electrons. The molecule has 0 atom stereocenters. The molecule has 1 amide bonds. The zero-order chi connectivity index (χ0) is 19.7. The first-order valence-corrected chi connectivity index (χ1v) is 9.00. The minimum Gasteiger partial charge on any atom is -0.321 e. The van der Waals surface area contributed by atoms with Gasteiger partial charge in [0.05, 0.1) is 16.7 Å². The molecule has 2 N–H and O–H groups in total. The second-order valence-electron chi connectivity index (χ2n) is 6.75. The van der Waals surface area contributed by atoms with Crippen LogP contribution in [0.25, 0.3) is 22.3 Å². The van der Waals surface area contributed by atoms with Crippen molar-refractivity contribution in [3.05, 3.63) is 93.8 Å². The normalized spacial score (nSPS) is 10.8. The summed E-state index contributed by atoms with van der Waals surface area (Å²) in [4.78, 5) is 32.9. The van der Waals surface area contributed by atoms with Gasteiger partial charge in [0, 0.05) is 11.1 Å². The molecule has 0 unspecified atom stereocenters. The molecule has 28 heavy (non-hydrogen) atoms. The fourth-order valence-electron chi connectivity index (χ4n) is 3.22. The molecule has 0 bridgehead atoms. The van der Waals surface area contributed by atoms with Crippen molar-refractivity contribution in [3.8, 4) is 11.3 Å². The summed E-state index contributed by atoms with van der Waals surface area (Å²) in [6.45, 7) is 3.83. The van der Waals surface area contributed by atoms with Gasteiger partial charge in [-0.2, -0.15) is 0 Å². The van der Waals surface area contributed by atoms with Crippen molar-refractivity contribution in [1.29, 1.82) is 0 Å². The highest BCUT2D eigenvalue weighted by Crippen LogP contribution is 2.29. The molecule has 0 aliphatic heterocycles. The van der Waals surface area contributed by atoms with Gasteiger partial charge in [-0.1, -0.05) is 48.0 Å². The van der Waals surface area contributed by atoms with E-state index in [1.54, 1.807) is 12.1 Å². The van der Waals surface area contributed by atoms with Gasteiger partial charge in [0.1, 0.15) is 5.69 Å². The quantitative estimate of drug-likeness (QED) is 0.560. The number of hydrogen-bond acceptors (Lipinski definition) is 3. The summed E-state index contributed by atoms with van der Waals surface area (Å²) in [6.07, 6.45) is 0. The predicted molar refractivity (Wildman–Crippen MR) is 112 cm³/mol. The lowest BCUT2D eigenvalue weighted by Crippen LogP contribution is -2.16. The average molecular weight is 369 g/mol. The summed E-state index contributed by atoms with van der Waals surface area (Å²) in [5.74, 6) is -0.225. The van der Waals surface area contributed by atoms with Crippen LogP contribution < -0.4 is 10.9 Å². The zero-order valence-electron chi connectivity index (χ0n) is 15.6. The van der Waals surface area contributed by atoms with Crippen LogP contribution in [0.1, 0.15) is 21.5 Å². The smallest absolute Gasteiger partial charge is 0.275 e. The van der Waals surface area contributed by atoms with E-state index in [0.29, 0.717) is 27.8 Å². The number of rotatable bonds is 3. The Morgan fingerprint density at radius 1 is 0.964 bits per heavy atom. The van der Waals surface area contributed by atoms with Crippen molar-refractivity contribution in [3.63, 3.8) is 0 Å². The third kappa shape index (κ3) is 3.30. The van der Waals surface area contributed by atoms with Crippen molar-refractivity contribution in [2.45, 2.75) is 13.8 Å². The number of benzene rings is 3. The molecule has 0 aliphatic rings. The van der Waals surface area contributed by atoms with Crippen molar-refractivity contribution in [1.82, 2.24) is 9.97 Å². The summed E-state index contributed by atoms with van der Waals surface area (Å²) in [5, 5.41) is 2.96. The average Bonchev–Trinajstić information content (AvgIpc) is 2.69. The molecule has 4 rings (SSSR count). The second kappa shape index (κ2) is 7.12. The van der Waals surface area contributed by atoms with E-state index in [9.17, 15) is 9.59 Å². The number of anilines is 1. The molecule has 0 spiro atoms. The third-order valence-electron chi connectivity index (χ3n) is 4.65. The van der Waals surface area contributed by atoms with E-state index in [0.717, 1.165) is 11.1 Å². The summed E-state index contributed by atoms with van der Waals surface area (Å²) in [7, 11) is 0. The van der Waals surface area contributed by atoms with Gasteiger partial charge in [0.25, 0.3) is 11.5 Å². The third-order valence-corrected chi connectivity index (χ3v) is 4.65. The first-order chi connectivity index (χ1) is 13.5. The number of aromatic nitrogens is 2.